The van der Waals surface area contributed by atoms with Crippen LogP contribution >= 0.6 is 0 Å². The fourth-order valence-electron chi connectivity index (χ4n) is 1.13. The molecule has 0 aliphatic rings. The third-order valence-corrected chi connectivity index (χ3v) is 1.86. The Labute approximate surface area is 92.6 Å². The number of urea groups is 1. The Morgan fingerprint density at radius 3 is 1.88 bits per heavy atom. The zero-order valence-corrected chi connectivity index (χ0v) is 8.21. The van der Waals surface area contributed by atoms with E-state index in [9.17, 15) is 26.7 Å². The highest BCUT2D eigenvalue weighted by Crippen LogP contribution is 2.40. The van der Waals surface area contributed by atoms with E-state index in [0.717, 1.165) is 12.1 Å². The van der Waals surface area contributed by atoms with Crippen LogP contribution in [-0.4, -0.2) is 18.3 Å². The minimum absolute atomic E-state index is 0.637. The fourth-order valence-corrected chi connectivity index (χ4v) is 1.13. The first-order valence-electron chi connectivity index (χ1n) is 4.27. The maximum atomic E-state index is 13.0. The molecule has 0 aromatic heterocycles. The van der Waals surface area contributed by atoms with Crippen molar-refractivity contribution in [3.05, 3.63) is 30.3 Å². The zero-order chi connectivity index (χ0) is 13.3. The predicted molar refractivity (Wildman–Crippen MR) is 49.5 cm³/mol. The summed E-state index contributed by atoms with van der Waals surface area (Å²) in [5, 5.41) is 0. The quantitative estimate of drug-likeness (QED) is 0.640. The summed E-state index contributed by atoms with van der Waals surface area (Å²) in [6.07, 6.45) is -5.90. The maximum Gasteiger partial charge on any atom is 0.476 e. The number of nitrogens with two attached hydrogens (primary N) is 1. The van der Waals surface area contributed by atoms with Crippen molar-refractivity contribution < 1.29 is 26.7 Å². The number of hydrogen-bond acceptors (Lipinski definition) is 1. The minimum Gasteiger partial charge on any atom is -0.351 e. The van der Waals surface area contributed by atoms with Crippen molar-refractivity contribution in [2.75, 3.05) is 4.90 Å². The number of anilines is 1. The zero-order valence-electron chi connectivity index (χ0n) is 8.21. The van der Waals surface area contributed by atoms with Crippen LogP contribution in [0.3, 0.4) is 0 Å². The Bertz CT molecular complexity index is 404. The summed E-state index contributed by atoms with van der Waals surface area (Å²) in [7, 11) is 0. The van der Waals surface area contributed by atoms with Gasteiger partial charge in [-0.1, -0.05) is 18.2 Å². The van der Waals surface area contributed by atoms with Gasteiger partial charge in [0.2, 0.25) is 0 Å². The average molecular weight is 254 g/mol. The highest BCUT2D eigenvalue weighted by molar-refractivity contribution is 5.91. The molecule has 1 aromatic carbocycles. The second kappa shape index (κ2) is 4.19. The highest BCUT2D eigenvalue weighted by atomic mass is 19.4. The molecule has 1 rings (SSSR count). The summed E-state index contributed by atoms with van der Waals surface area (Å²) in [5.74, 6) is 0. The van der Waals surface area contributed by atoms with E-state index in [4.69, 9.17) is 0 Å². The van der Waals surface area contributed by atoms with Crippen LogP contribution in [0.4, 0.5) is 32.4 Å². The van der Waals surface area contributed by atoms with Crippen LogP contribution in [0.25, 0.3) is 0 Å². The Morgan fingerprint density at radius 2 is 1.53 bits per heavy atom. The smallest absolute Gasteiger partial charge is 0.351 e. The lowest BCUT2D eigenvalue weighted by Crippen LogP contribution is -2.57. The molecule has 0 atom stereocenters. The van der Waals surface area contributed by atoms with Gasteiger partial charge in [-0.2, -0.15) is 22.0 Å². The predicted octanol–water partition coefficient (Wildman–Crippen LogP) is 2.73. The summed E-state index contributed by atoms with van der Waals surface area (Å²) < 4.78 is 62.5. The molecule has 0 fully saturated rings. The molecule has 0 saturated heterocycles. The number of primary amides is 1. The van der Waals surface area contributed by atoms with Gasteiger partial charge in [-0.15, -0.1) is 0 Å². The van der Waals surface area contributed by atoms with Crippen LogP contribution in [0, 0.1) is 0 Å². The molecule has 0 aliphatic heterocycles. The van der Waals surface area contributed by atoms with Crippen molar-refractivity contribution >= 4 is 11.7 Å². The minimum atomic E-state index is -5.90. The van der Waals surface area contributed by atoms with Crippen molar-refractivity contribution in [2.24, 2.45) is 5.73 Å². The van der Waals surface area contributed by atoms with E-state index in [2.05, 4.69) is 5.73 Å². The maximum absolute atomic E-state index is 13.0. The van der Waals surface area contributed by atoms with E-state index in [0.29, 0.717) is 0 Å². The van der Waals surface area contributed by atoms with E-state index in [1.54, 1.807) is 0 Å². The molecule has 3 nitrogen and oxygen atoms in total. The van der Waals surface area contributed by atoms with Crippen molar-refractivity contribution in [2.45, 2.75) is 12.2 Å². The molecule has 17 heavy (non-hydrogen) atoms. The van der Waals surface area contributed by atoms with Crippen LogP contribution in [0.15, 0.2) is 30.3 Å². The largest absolute Gasteiger partial charge is 0.476 e. The van der Waals surface area contributed by atoms with Gasteiger partial charge in [0, 0.05) is 0 Å². The normalized spacial score (nSPS) is 12.3. The number of halogens is 5. The Morgan fingerprint density at radius 1 is 1.06 bits per heavy atom. The first kappa shape index (κ1) is 13.2. The van der Waals surface area contributed by atoms with E-state index in [-0.39, 0.29) is 0 Å². The fraction of sp³-hybridized carbons (Fsp3) is 0.222. The molecule has 0 unspecified atom stereocenters. The number of rotatable bonds is 2. The number of carbonyl (C=O) groups excluding carboxylic acids is 1. The molecule has 1 aromatic rings. The summed E-state index contributed by atoms with van der Waals surface area (Å²) in [5.41, 5.74) is 3.92. The topological polar surface area (TPSA) is 46.3 Å². The molecule has 0 saturated carbocycles. The van der Waals surface area contributed by atoms with Crippen LogP contribution in [0.5, 0.6) is 0 Å². The number of para-hydroxylation sites is 1. The molecule has 8 heteroatoms. The Balaban J connectivity index is 3.25. The summed E-state index contributed by atoms with van der Waals surface area (Å²) in [6, 6.07) is -1.60. The van der Waals surface area contributed by atoms with Crippen LogP contribution in [0.2, 0.25) is 0 Å². The second-order valence-electron chi connectivity index (χ2n) is 3.05. The molecule has 0 spiro atoms. The standard InChI is InChI=1S/C9H7F5N2O/c10-8(11,12)9(13,14)16(7(15)17)6-4-2-1-3-5-6/h1-5H,(H2,15,17). The van der Waals surface area contributed by atoms with Gasteiger partial charge in [0.1, 0.15) is 0 Å². The van der Waals surface area contributed by atoms with Gasteiger partial charge < -0.3 is 5.73 Å². The number of benzene rings is 1. The molecule has 0 bridgehead atoms. The van der Waals surface area contributed by atoms with Gasteiger partial charge in [0.05, 0.1) is 5.69 Å². The van der Waals surface area contributed by atoms with Crippen molar-refractivity contribution in [3.63, 3.8) is 0 Å². The monoisotopic (exact) mass is 254 g/mol. The van der Waals surface area contributed by atoms with E-state index in [1.807, 2.05) is 0 Å². The average Bonchev–Trinajstić information content (AvgIpc) is 2.16. The van der Waals surface area contributed by atoms with Crippen molar-refractivity contribution in [1.82, 2.24) is 0 Å². The highest BCUT2D eigenvalue weighted by Gasteiger charge is 2.63. The van der Waals surface area contributed by atoms with Gasteiger partial charge in [0.15, 0.2) is 0 Å². The third kappa shape index (κ3) is 2.45. The van der Waals surface area contributed by atoms with Gasteiger partial charge in [-0.25, -0.2) is 9.69 Å². The SMILES string of the molecule is NC(=O)N(c1ccccc1)C(F)(F)C(F)(F)F. The molecule has 0 aliphatic carbocycles. The summed E-state index contributed by atoms with van der Waals surface area (Å²) >= 11 is 0. The summed E-state index contributed by atoms with van der Waals surface area (Å²) in [4.78, 5) is 9.96. The number of carbonyl (C=O) groups is 1. The van der Waals surface area contributed by atoms with Crippen LogP contribution < -0.4 is 10.6 Å². The lowest BCUT2D eigenvalue weighted by Gasteiger charge is -2.30. The van der Waals surface area contributed by atoms with Gasteiger partial charge in [-0.05, 0) is 12.1 Å². The van der Waals surface area contributed by atoms with Crippen LogP contribution in [0.1, 0.15) is 0 Å². The van der Waals surface area contributed by atoms with Crippen molar-refractivity contribution in [1.29, 1.82) is 0 Å². The molecule has 94 valence electrons. The number of nitrogens with zero attached hydrogens (tertiary/aromatic N) is 1. The second-order valence-corrected chi connectivity index (χ2v) is 3.05. The first-order chi connectivity index (χ1) is 7.68. The van der Waals surface area contributed by atoms with Gasteiger partial charge in [-0.3, -0.25) is 0 Å². The summed E-state index contributed by atoms with van der Waals surface area (Å²) in [6.45, 7) is 0. The first-order valence-corrected chi connectivity index (χ1v) is 4.27. The van der Waals surface area contributed by atoms with Gasteiger partial charge in [0.25, 0.3) is 0 Å². The molecule has 0 radical (unpaired) electrons. The van der Waals surface area contributed by atoms with Gasteiger partial charge >= 0.3 is 18.3 Å². The molecular formula is C9H7F5N2O. The molecule has 0 heterocycles. The van der Waals surface area contributed by atoms with E-state index in [1.165, 1.54) is 18.2 Å². The lowest BCUT2D eigenvalue weighted by atomic mass is 10.3. The number of amides is 2. The molecule has 2 amide bonds. The number of alkyl halides is 5. The Hall–Kier alpha value is -1.86. The Kier molecular flexibility index (Phi) is 3.25. The number of hydrogen-bond donors (Lipinski definition) is 1. The molecule has 2 N–H and O–H groups in total. The van der Waals surface area contributed by atoms with E-state index >= 15 is 0 Å². The third-order valence-electron chi connectivity index (χ3n) is 1.86. The molecular weight excluding hydrogens is 247 g/mol. The van der Waals surface area contributed by atoms with Crippen molar-refractivity contribution in [3.8, 4) is 0 Å². The van der Waals surface area contributed by atoms with E-state index < -0.39 is 28.8 Å². The lowest BCUT2D eigenvalue weighted by molar-refractivity contribution is -0.277. The van der Waals surface area contributed by atoms with Crippen LogP contribution in [-0.2, 0) is 0 Å².